The summed E-state index contributed by atoms with van der Waals surface area (Å²) in [5, 5.41) is 27.9. The highest BCUT2D eigenvalue weighted by molar-refractivity contribution is 5.73. The molecule has 0 saturated heterocycles. The molecule has 3 heterocycles. The van der Waals surface area contributed by atoms with Gasteiger partial charge in [-0.25, -0.2) is 9.59 Å². The Hall–Kier alpha value is -4.59. The largest absolute Gasteiger partial charge is 0.493 e. The minimum Gasteiger partial charge on any atom is -0.493 e. The lowest BCUT2D eigenvalue weighted by molar-refractivity contribution is 0.158. The second kappa shape index (κ2) is 7.92. The number of hydrogen-bond donors (Lipinski definition) is 5. The van der Waals surface area contributed by atoms with Crippen LogP contribution in [-0.4, -0.2) is 39.3 Å². The molecule has 0 unspecified atom stereocenters. The summed E-state index contributed by atoms with van der Waals surface area (Å²) in [6, 6.07) is 8.60. The normalized spacial score (nSPS) is 12.6. The molecule has 3 aromatic heterocycles. The first kappa shape index (κ1) is 20.7. The monoisotopic (exact) mass is 440 g/mol. The number of aromatic amines is 3. The molecular formula is C18H16N8O6. The highest BCUT2D eigenvalue weighted by atomic mass is 16.3. The fourth-order valence-electron chi connectivity index (χ4n) is 3.08. The molecule has 14 heteroatoms. The summed E-state index contributed by atoms with van der Waals surface area (Å²) in [5.41, 5.74) is -3.57. The van der Waals surface area contributed by atoms with Gasteiger partial charge < -0.3 is 10.2 Å². The predicted octanol–water partition coefficient (Wildman–Crippen LogP) is -0.346. The molecule has 0 amide bonds. The molecule has 0 radical (unpaired) electrons. The third kappa shape index (κ3) is 3.65. The van der Waals surface area contributed by atoms with Gasteiger partial charge in [0, 0.05) is 7.05 Å². The first-order valence-electron chi connectivity index (χ1n) is 9.16. The third-order valence-corrected chi connectivity index (χ3v) is 4.66. The Morgan fingerprint density at radius 2 is 1.75 bits per heavy atom. The quantitative estimate of drug-likeness (QED) is 0.261. The number of nitrogens with one attached hydrogen (secondary N) is 3. The van der Waals surface area contributed by atoms with Gasteiger partial charge in [0.25, 0.3) is 17.1 Å². The van der Waals surface area contributed by atoms with Crippen molar-refractivity contribution < 1.29 is 10.2 Å². The van der Waals surface area contributed by atoms with E-state index in [0.717, 1.165) is 4.57 Å². The number of nitrogens with zero attached hydrogens (tertiary/aromatic N) is 5. The second-order valence-electron chi connectivity index (χ2n) is 6.74. The zero-order valence-corrected chi connectivity index (χ0v) is 16.4. The van der Waals surface area contributed by atoms with Crippen molar-refractivity contribution in [1.82, 2.24) is 29.1 Å². The van der Waals surface area contributed by atoms with E-state index in [4.69, 9.17) is 0 Å². The average molecular weight is 440 g/mol. The number of fused-ring (bicyclic) bond motifs is 1. The number of aliphatic hydroxyl groups is 1. The maximum atomic E-state index is 12.5. The van der Waals surface area contributed by atoms with E-state index in [2.05, 4.69) is 20.2 Å². The number of aliphatic hydroxyl groups excluding tert-OH is 1. The number of aromatic hydroxyl groups is 1. The molecule has 0 aliphatic rings. The second-order valence-corrected chi connectivity index (χ2v) is 6.74. The first-order valence-corrected chi connectivity index (χ1v) is 9.16. The summed E-state index contributed by atoms with van der Waals surface area (Å²) in [7, 11) is 1.38. The molecule has 0 spiro atoms. The van der Waals surface area contributed by atoms with Gasteiger partial charge in [-0.05, 0) is 5.56 Å². The maximum Gasteiger partial charge on any atom is 0.329 e. The Morgan fingerprint density at radius 1 is 1.03 bits per heavy atom. The Balaban J connectivity index is 1.89. The molecule has 0 bridgehead atoms. The number of imidazole rings is 1. The van der Waals surface area contributed by atoms with E-state index in [1.54, 1.807) is 30.3 Å². The van der Waals surface area contributed by atoms with Gasteiger partial charge in [-0.3, -0.25) is 33.7 Å². The minimum absolute atomic E-state index is 0.0347. The van der Waals surface area contributed by atoms with E-state index in [1.807, 2.05) is 9.97 Å². The molecule has 4 aromatic rings. The highest BCUT2D eigenvalue weighted by Gasteiger charge is 2.20. The lowest BCUT2D eigenvalue weighted by atomic mass is 10.1. The molecule has 0 aliphatic carbocycles. The number of H-pyrrole nitrogens is 3. The number of aryl methyl sites for hydroxylation is 1. The summed E-state index contributed by atoms with van der Waals surface area (Å²) < 4.78 is 2.30. The summed E-state index contributed by atoms with van der Waals surface area (Å²) in [6.45, 7) is -0.190. The van der Waals surface area contributed by atoms with Crippen LogP contribution in [0.4, 0.5) is 11.6 Å². The van der Waals surface area contributed by atoms with Crippen molar-refractivity contribution in [3.63, 3.8) is 0 Å². The van der Waals surface area contributed by atoms with Crippen LogP contribution >= 0.6 is 0 Å². The molecule has 32 heavy (non-hydrogen) atoms. The fraction of sp³-hybridized carbons (Fsp3) is 0.167. The molecule has 1 atom stereocenters. The van der Waals surface area contributed by atoms with Gasteiger partial charge in [-0.2, -0.15) is 4.98 Å². The van der Waals surface area contributed by atoms with Crippen LogP contribution in [0.15, 0.2) is 59.7 Å². The minimum atomic E-state index is -1.08. The molecule has 0 saturated carbocycles. The van der Waals surface area contributed by atoms with Crippen molar-refractivity contribution in [2.45, 2.75) is 12.6 Å². The molecular weight excluding hydrogens is 424 g/mol. The molecule has 164 valence electrons. The van der Waals surface area contributed by atoms with E-state index in [0.29, 0.717) is 5.56 Å². The Bertz CT molecular complexity index is 1570. The number of hydrogen-bond acceptors (Lipinski definition) is 9. The lowest BCUT2D eigenvalue weighted by Crippen LogP contribution is -2.29. The van der Waals surface area contributed by atoms with Crippen LogP contribution < -0.4 is 22.5 Å². The summed E-state index contributed by atoms with van der Waals surface area (Å²) in [5.74, 6) is -1.05. The third-order valence-electron chi connectivity index (χ3n) is 4.66. The van der Waals surface area contributed by atoms with Gasteiger partial charge in [0.2, 0.25) is 11.6 Å². The van der Waals surface area contributed by atoms with Crippen molar-refractivity contribution in [1.29, 1.82) is 0 Å². The highest BCUT2D eigenvalue weighted by Crippen LogP contribution is 2.25. The Kier molecular flexibility index (Phi) is 5.11. The molecule has 0 aliphatic heterocycles. The fourth-order valence-corrected chi connectivity index (χ4v) is 3.08. The van der Waals surface area contributed by atoms with E-state index < -0.39 is 40.2 Å². The topological polar surface area (TPSA) is 204 Å². The predicted molar refractivity (Wildman–Crippen MR) is 111 cm³/mol. The van der Waals surface area contributed by atoms with Crippen molar-refractivity contribution in [3.8, 4) is 5.88 Å². The van der Waals surface area contributed by atoms with Crippen LogP contribution in [0.3, 0.4) is 0 Å². The molecule has 1 aromatic carbocycles. The van der Waals surface area contributed by atoms with Gasteiger partial charge in [0.15, 0.2) is 11.2 Å². The van der Waals surface area contributed by atoms with Crippen LogP contribution in [0, 0.1) is 0 Å². The van der Waals surface area contributed by atoms with Crippen molar-refractivity contribution in [3.05, 3.63) is 77.6 Å². The standard InChI is InChI=1S/C18H16N8O6/c1-25-12-11(15(30)22-18(25)32)26(7-9(27)8-5-3-2-4-6-8)16(19-12)24-23-10-13(28)20-17(31)21-14(10)29/h2-6,9,27H,7H2,1H3,(H,22,30,32)(H3,20,21,28,29,31)/t9-/m0/s1. The summed E-state index contributed by atoms with van der Waals surface area (Å²) in [6.07, 6.45) is -1.08. The Labute approximate surface area is 176 Å². The van der Waals surface area contributed by atoms with Gasteiger partial charge in [0.05, 0.1) is 12.6 Å². The van der Waals surface area contributed by atoms with Crippen LogP contribution in [0.2, 0.25) is 0 Å². The number of aromatic nitrogens is 6. The van der Waals surface area contributed by atoms with Crippen molar-refractivity contribution in [2.24, 2.45) is 17.3 Å². The van der Waals surface area contributed by atoms with Crippen LogP contribution in [0.25, 0.3) is 11.2 Å². The van der Waals surface area contributed by atoms with E-state index in [-0.39, 0.29) is 23.7 Å². The Morgan fingerprint density at radius 3 is 2.44 bits per heavy atom. The summed E-state index contributed by atoms with van der Waals surface area (Å²) >= 11 is 0. The lowest BCUT2D eigenvalue weighted by Gasteiger charge is -2.13. The number of benzene rings is 1. The van der Waals surface area contributed by atoms with Crippen LogP contribution in [0.5, 0.6) is 5.88 Å². The molecule has 5 N–H and O–H groups in total. The van der Waals surface area contributed by atoms with E-state index >= 15 is 0 Å². The van der Waals surface area contributed by atoms with Gasteiger partial charge in [0.1, 0.15) is 0 Å². The van der Waals surface area contributed by atoms with Crippen molar-refractivity contribution in [2.75, 3.05) is 0 Å². The van der Waals surface area contributed by atoms with Gasteiger partial charge in [-0.1, -0.05) is 30.3 Å². The molecule has 4 rings (SSSR count). The van der Waals surface area contributed by atoms with E-state index in [9.17, 15) is 29.4 Å². The van der Waals surface area contributed by atoms with E-state index in [1.165, 1.54) is 11.6 Å². The van der Waals surface area contributed by atoms with Crippen LogP contribution in [0.1, 0.15) is 11.7 Å². The zero-order chi connectivity index (χ0) is 23.0. The van der Waals surface area contributed by atoms with Gasteiger partial charge in [-0.15, -0.1) is 10.2 Å². The smallest absolute Gasteiger partial charge is 0.329 e. The molecule has 14 nitrogen and oxygen atoms in total. The molecule has 0 fully saturated rings. The number of rotatable bonds is 5. The maximum absolute atomic E-state index is 12.5. The van der Waals surface area contributed by atoms with Crippen molar-refractivity contribution >= 4 is 22.8 Å². The average Bonchev–Trinajstić information content (AvgIpc) is 3.10. The summed E-state index contributed by atoms with van der Waals surface area (Å²) in [4.78, 5) is 57.7. The van der Waals surface area contributed by atoms with Gasteiger partial charge >= 0.3 is 11.4 Å². The van der Waals surface area contributed by atoms with Crippen LogP contribution in [-0.2, 0) is 13.6 Å². The zero-order valence-electron chi connectivity index (χ0n) is 16.4. The first-order chi connectivity index (χ1) is 15.3. The number of azo groups is 1. The SMILES string of the molecule is Cn1c(=O)[nH]c(=O)c2c1nc(N=Nc1c(O)[nH]c(=O)[nH]c1=O)n2C[C@H](O)c1ccccc1.